The second-order valence-corrected chi connectivity index (χ2v) is 7.09. The molecule has 116 valence electrons. The third-order valence-corrected chi connectivity index (χ3v) is 5.31. The number of sulfonamides is 1. The molecule has 0 saturated carbocycles. The minimum atomic E-state index is -3.55. The number of nitrogens with one attached hydrogen (secondary N) is 1. The summed E-state index contributed by atoms with van der Waals surface area (Å²) in [5.41, 5.74) is 5.90. The van der Waals surface area contributed by atoms with Crippen molar-refractivity contribution in [2.24, 2.45) is 5.73 Å². The van der Waals surface area contributed by atoms with Gasteiger partial charge in [-0.1, -0.05) is 6.07 Å². The Kier molecular flexibility index (Phi) is 5.27. The van der Waals surface area contributed by atoms with Gasteiger partial charge in [0, 0.05) is 30.9 Å². The smallest absolute Gasteiger partial charge is 0.232 e. The average molecular weight is 312 g/mol. The van der Waals surface area contributed by atoms with E-state index in [1.807, 2.05) is 6.07 Å². The molecule has 2 heterocycles. The predicted molar refractivity (Wildman–Crippen MR) is 78.9 cm³/mol. The summed E-state index contributed by atoms with van der Waals surface area (Å²) in [6.07, 6.45) is 2.64. The van der Waals surface area contributed by atoms with Crippen molar-refractivity contribution in [1.82, 2.24) is 14.6 Å². The van der Waals surface area contributed by atoms with Crippen molar-refractivity contribution in [3.8, 4) is 0 Å². The molecule has 8 heteroatoms. The van der Waals surface area contributed by atoms with Crippen molar-refractivity contribution in [2.75, 3.05) is 25.4 Å². The van der Waals surface area contributed by atoms with E-state index in [1.54, 1.807) is 18.3 Å². The summed E-state index contributed by atoms with van der Waals surface area (Å²) in [5.74, 6) is -0.711. The minimum absolute atomic E-state index is 0.0756. The number of hydrogen-bond acceptors (Lipinski definition) is 5. The lowest BCUT2D eigenvalue weighted by atomic mass is 10.2. The Hall–Kier alpha value is -1.51. The Labute approximate surface area is 124 Å². The van der Waals surface area contributed by atoms with E-state index in [-0.39, 0.29) is 18.3 Å². The van der Waals surface area contributed by atoms with E-state index in [0.717, 1.165) is 6.54 Å². The van der Waals surface area contributed by atoms with Gasteiger partial charge in [0.1, 0.15) is 0 Å². The van der Waals surface area contributed by atoms with Crippen molar-refractivity contribution >= 4 is 15.9 Å². The zero-order valence-corrected chi connectivity index (χ0v) is 12.6. The second-order valence-electron chi connectivity index (χ2n) is 5.05. The van der Waals surface area contributed by atoms with Crippen LogP contribution in [-0.2, 0) is 21.2 Å². The fourth-order valence-corrected chi connectivity index (χ4v) is 4.05. The van der Waals surface area contributed by atoms with E-state index in [0.29, 0.717) is 25.1 Å². The monoisotopic (exact) mass is 312 g/mol. The van der Waals surface area contributed by atoms with E-state index in [1.165, 1.54) is 4.31 Å². The average Bonchev–Trinajstić information content (AvgIpc) is 2.97. The summed E-state index contributed by atoms with van der Waals surface area (Å²) in [6, 6.07) is 5.18. The highest BCUT2D eigenvalue weighted by atomic mass is 32.2. The molecule has 1 unspecified atom stereocenters. The maximum Gasteiger partial charge on any atom is 0.232 e. The number of aromatic nitrogens is 1. The van der Waals surface area contributed by atoms with E-state index >= 15 is 0 Å². The van der Waals surface area contributed by atoms with Crippen molar-refractivity contribution < 1.29 is 13.2 Å². The SMILES string of the molecule is NC(=O)CN(C1CCNC1)S(=O)(=O)CCc1ccccn1. The number of amides is 1. The molecular weight excluding hydrogens is 292 g/mol. The number of nitrogens with two attached hydrogens (primary N) is 1. The Morgan fingerprint density at radius 2 is 2.29 bits per heavy atom. The van der Waals surface area contributed by atoms with Crippen LogP contribution in [0.1, 0.15) is 12.1 Å². The first kappa shape index (κ1) is 15.9. The Morgan fingerprint density at radius 3 is 2.86 bits per heavy atom. The summed E-state index contributed by atoms with van der Waals surface area (Å²) < 4.78 is 26.2. The van der Waals surface area contributed by atoms with Crippen LogP contribution in [0.5, 0.6) is 0 Å². The van der Waals surface area contributed by atoms with Crippen LogP contribution in [0.15, 0.2) is 24.4 Å². The van der Waals surface area contributed by atoms with Gasteiger partial charge >= 0.3 is 0 Å². The van der Waals surface area contributed by atoms with Crippen molar-refractivity contribution in [2.45, 2.75) is 18.9 Å². The molecule has 1 aliphatic heterocycles. The highest BCUT2D eigenvalue weighted by Crippen LogP contribution is 2.14. The standard InChI is InChI=1S/C13H20N4O3S/c14-13(18)10-17(12-4-7-15-9-12)21(19,20)8-5-11-3-1-2-6-16-11/h1-3,6,12,15H,4-5,7-10H2,(H2,14,18). The van der Waals surface area contributed by atoms with Gasteiger partial charge in [0.05, 0.1) is 12.3 Å². The van der Waals surface area contributed by atoms with Gasteiger partial charge in [-0.25, -0.2) is 8.42 Å². The molecule has 0 aliphatic carbocycles. The van der Waals surface area contributed by atoms with Gasteiger partial charge in [-0.05, 0) is 25.1 Å². The molecule has 1 aromatic rings. The lowest BCUT2D eigenvalue weighted by Crippen LogP contribution is -2.47. The first-order chi connectivity index (χ1) is 9.99. The van der Waals surface area contributed by atoms with Crippen LogP contribution in [0.4, 0.5) is 0 Å². The van der Waals surface area contributed by atoms with Crippen LogP contribution in [0.25, 0.3) is 0 Å². The molecule has 7 nitrogen and oxygen atoms in total. The second kappa shape index (κ2) is 6.97. The Balaban J connectivity index is 2.07. The number of aryl methyl sites for hydroxylation is 1. The first-order valence-electron chi connectivity index (χ1n) is 6.87. The van der Waals surface area contributed by atoms with Gasteiger partial charge in [0.2, 0.25) is 15.9 Å². The molecule has 1 aromatic heterocycles. The topological polar surface area (TPSA) is 105 Å². The largest absolute Gasteiger partial charge is 0.369 e. The number of pyridine rings is 1. The van der Waals surface area contributed by atoms with Crippen LogP contribution in [0, 0.1) is 0 Å². The van der Waals surface area contributed by atoms with Crippen LogP contribution in [-0.4, -0.2) is 55.0 Å². The number of carbonyl (C=O) groups is 1. The molecule has 2 rings (SSSR count). The Morgan fingerprint density at radius 1 is 1.48 bits per heavy atom. The van der Waals surface area contributed by atoms with Gasteiger partial charge in [-0.2, -0.15) is 4.31 Å². The van der Waals surface area contributed by atoms with Gasteiger partial charge in [0.25, 0.3) is 0 Å². The predicted octanol–water partition coefficient (Wildman–Crippen LogP) is -0.897. The van der Waals surface area contributed by atoms with Crippen LogP contribution in [0.3, 0.4) is 0 Å². The molecule has 0 bridgehead atoms. The molecule has 1 saturated heterocycles. The normalized spacial score (nSPS) is 19.0. The van der Waals surface area contributed by atoms with Crippen LogP contribution in [0.2, 0.25) is 0 Å². The maximum atomic E-state index is 12.5. The maximum absolute atomic E-state index is 12.5. The van der Waals surface area contributed by atoms with E-state index in [9.17, 15) is 13.2 Å². The zero-order chi connectivity index (χ0) is 15.3. The molecule has 21 heavy (non-hydrogen) atoms. The van der Waals surface area contributed by atoms with Crippen molar-refractivity contribution in [3.63, 3.8) is 0 Å². The summed E-state index contributed by atoms with van der Waals surface area (Å²) >= 11 is 0. The van der Waals surface area contributed by atoms with E-state index in [4.69, 9.17) is 5.73 Å². The summed E-state index contributed by atoms with van der Waals surface area (Å²) in [5, 5.41) is 3.10. The summed E-state index contributed by atoms with van der Waals surface area (Å²) in [6.45, 7) is 1.03. The third kappa shape index (κ3) is 4.48. The fourth-order valence-electron chi connectivity index (χ4n) is 2.39. The number of carbonyl (C=O) groups excluding carboxylic acids is 1. The number of rotatable bonds is 7. The molecule has 3 N–H and O–H groups in total. The quantitative estimate of drug-likeness (QED) is 0.679. The summed E-state index contributed by atoms with van der Waals surface area (Å²) in [7, 11) is -3.55. The Bertz CT molecular complexity index is 570. The van der Waals surface area contributed by atoms with Crippen LogP contribution < -0.4 is 11.1 Å². The molecule has 0 aromatic carbocycles. The van der Waals surface area contributed by atoms with Crippen LogP contribution >= 0.6 is 0 Å². The summed E-state index contributed by atoms with van der Waals surface area (Å²) in [4.78, 5) is 15.3. The molecule has 1 fully saturated rings. The zero-order valence-electron chi connectivity index (χ0n) is 11.7. The van der Waals surface area contributed by atoms with Gasteiger partial charge < -0.3 is 11.1 Å². The highest BCUT2D eigenvalue weighted by molar-refractivity contribution is 7.89. The first-order valence-corrected chi connectivity index (χ1v) is 8.48. The van der Waals surface area contributed by atoms with Gasteiger partial charge in [0.15, 0.2) is 0 Å². The van der Waals surface area contributed by atoms with E-state index in [2.05, 4.69) is 10.3 Å². The highest BCUT2D eigenvalue weighted by Gasteiger charge is 2.32. The van der Waals surface area contributed by atoms with E-state index < -0.39 is 15.9 Å². The number of nitrogens with zero attached hydrogens (tertiary/aromatic N) is 2. The number of primary amides is 1. The van der Waals surface area contributed by atoms with Crippen molar-refractivity contribution in [1.29, 1.82) is 0 Å². The van der Waals surface area contributed by atoms with Gasteiger partial charge in [-0.3, -0.25) is 9.78 Å². The molecule has 1 amide bonds. The van der Waals surface area contributed by atoms with Crippen molar-refractivity contribution in [3.05, 3.63) is 30.1 Å². The lowest BCUT2D eigenvalue weighted by Gasteiger charge is -2.26. The number of hydrogen-bond donors (Lipinski definition) is 2. The molecule has 0 spiro atoms. The molecule has 0 radical (unpaired) electrons. The minimum Gasteiger partial charge on any atom is -0.369 e. The molecular formula is C13H20N4O3S. The molecule has 1 aliphatic rings. The third-order valence-electron chi connectivity index (χ3n) is 3.45. The van der Waals surface area contributed by atoms with Gasteiger partial charge in [-0.15, -0.1) is 0 Å². The molecule has 1 atom stereocenters. The fraction of sp³-hybridized carbons (Fsp3) is 0.538. The lowest BCUT2D eigenvalue weighted by molar-refractivity contribution is -0.118.